The minimum absolute atomic E-state index is 0.0313. The van der Waals surface area contributed by atoms with Crippen LogP contribution in [-0.2, 0) is 4.79 Å². The first-order chi connectivity index (χ1) is 11.0. The van der Waals surface area contributed by atoms with Crippen molar-refractivity contribution in [1.29, 1.82) is 0 Å². The van der Waals surface area contributed by atoms with Gasteiger partial charge in [-0.1, -0.05) is 24.6 Å². The molecule has 2 saturated heterocycles. The molecule has 2 fully saturated rings. The Morgan fingerprint density at radius 2 is 1.96 bits per heavy atom. The van der Waals surface area contributed by atoms with Gasteiger partial charge in [-0.15, -0.1) is 0 Å². The molecule has 2 heterocycles. The molecular formula is C19H28N2O2. The smallest absolute Gasteiger partial charge is 0.244 e. The Kier molecular flexibility index (Phi) is 4.74. The summed E-state index contributed by atoms with van der Waals surface area (Å²) in [6.07, 6.45) is 4.08. The maximum atomic E-state index is 13.0. The summed E-state index contributed by atoms with van der Waals surface area (Å²) < 4.78 is 0. The van der Waals surface area contributed by atoms with Crippen molar-refractivity contribution in [1.82, 2.24) is 4.90 Å². The normalized spacial score (nSPS) is 29.8. The van der Waals surface area contributed by atoms with Crippen molar-refractivity contribution in [3.05, 3.63) is 29.8 Å². The van der Waals surface area contributed by atoms with Crippen molar-refractivity contribution in [3.8, 4) is 0 Å². The van der Waals surface area contributed by atoms with Crippen LogP contribution in [0.15, 0.2) is 24.3 Å². The Bertz CT molecular complexity index is 557. The van der Waals surface area contributed by atoms with Gasteiger partial charge >= 0.3 is 0 Å². The van der Waals surface area contributed by atoms with Gasteiger partial charge in [0.25, 0.3) is 0 Å². The minimum Gasteiger partial charge on any atom is -0.396 e. The van der Waals surface area contributed by atoms with Crippen LogP contribution >= 0.6 is 0 Å². The number of hydrogen-bond acceptors (Lipinski definition) is 3. The molecule has 2 unspecified atom stereocenters. The summed E-state index contributed by atoms with van der Waals surface area (Å²) >= 11 is 0. The van der Waals surface area contributed by atoms with Crippen LogP contribution in [0.5, 0.6) is 0 Å². The maximum absolute atomic E-state index is 13.0. The number of aliphatic hydroxyl groups is 1. The summed E-state index contributed by atoms with van der Waals surface area (Å²) in [6, 6.07) is 8.19. The summed E-state index contributed by atoms with van der Waals surface area (Å²) in [5.74, 6) is 0.224. The van der Waals surface area contributed by atoms with Gasteiger partial charge in [0.15, 0.2) is 0 Å². The lowest BCUT2D eigenvalue weighted by Crippen LogP contribution is -2.57. The van der Waals surface area contributed by atoms with Gasteiger partial charge in [0.05, 0.1) is 6.04 Å². The Morgan fingerprint density at radius 1 is 1.22 bits per heavy atom. The van der Waals surface area contributed by atoms with Crippen molar-refractivity contribution in [2.24, 2.45) is 5.41 Å². The molecule has 126 valence electrons. The molecule has 1 N–H and O–H groups in total. The van der Waals surface area contributed by atoms with E-state index in [1.54, 1.807) is 0 Å². The largest absolute Gasteiger partial charge is 0.396 e. The van der Waals surface area contributed by atoms with Crippen LogP contribution in [0.2, 0.25) is 0 Å². The number of piperidine rings is 2. The molecule has 3 rings (SSSR count). The third kappa shape index (κ3) is 3.43. The molecular weight excluding hydrogens is 288 g/mol. The molecule has 0 radical (unpaired) electrons. The zero-order valence-corrected chi connectivity index (χ0v) is 14.3. The number of carbonyl (C=O) groups is 1. The van der Waals surface area contributed by atoms with E-state index in [9.17, 15) is 9.90 Å². The summed E-state index contributed by atoms with van der Waals surface area (Å²) in [5, 5.41) is 9.67. The van der Waals surface area contributed by atoms with E-state index in [0.29, 0.717) is 0 Å². The van der Waals surface area contributed by atoms with E-state index < -0.39 is 0 Å². The molecule has 0 aromatic heterocycles. The number of amides is 1. The average Bonchev–Trinajstić information content (AvgIpc) is 2.56. The second kappa shape index (κ2) is 6.62. The molecule has 2 aliphatic heterocycles. The second-order valence-electron chi connectivity index (χ2n) is 7.53. The fourth-order valence-electron chi connectivity index (χ4n) is 3.93. The minimum atomic E-state index is -0.0648. The van der Waals surface area contributed by atoms with E-state index in [2.05, 4.69) is 30.9 Å². The molecule has 0 aliphatic carbocycles. The molecule has 4 heteroatoms. The van der Waals surface area contributed by atoms with Crippen LogP contribution in [-0.4, -0.2) is 48.2 Å². The Morgan fingerprint density at radius 3 is 2.65 bits per heavy atom. The van der Waals surface area contributed by atoms with E-state index in [1.807, 2.05) is 17.0 Å². The molecule has 0 bridgehead atoms. The van der Waals surface area contributed by atoms with E-state index >= 15 is 0 Å². The number of carbonyl (C=O) groups excluding carboxylic acids is 1. The number of likely N-dealkylation sites (tertiary alicyclic amines) is 1. The third-order valence-electron chi connectivity index (χ3n) is 5.39. The summed E-state index contributed by atoms with van der Waals surface area (Å²) in [5.41, 5.74) is 2.15. The van der Waals surface area contributed by atoms with Crippen LogP contribution in [0.3, 0.4) is 0 Å². The molecule has 1 aromatic rings. The predicted octanol–water partition coefficient (Wildman–Crippen LogP) is 2.58. The molecule has 1 aromatic carbocycles. The Balaban J connectivity index is 1.76. The van der Waals surface area contributed by atoms with Gasteiger partial charge in [-0.05, 0) is 51.3 Å². The lowest BCUT2D eigenvalue weighted by Gasteiger charge is -2.45. The van der Waals surface area contributed by atoms with Crippen LogP contribution in [0, 0.1) is 12.3 Å². The van der Waals surface area contributed by atoms with Crippen LogP contribution in [0.25, 0.3) is 0 Å². The van der Waals surface area contributed by atoms with Crippen LogP contribution in [0.1, 0.15) is 38.2 Å². The highest BCUT2D eigenvalue weighted by Gasteiger charge is 2.39. The summed E-state index contributed by atoms with van der Waals surface area (Å²) in [4.78, 5) is 17.3. The lowest BCUT2D eigenvalue weighted by atomic mass is 9.81. The standard InChI is InChI=1S/C19H28N2O2/c1-15-6-8-16(9-7-15)21-12-3-5-17(18(21)23)20-11-4-10-19(2,13-20)14-22/h6-9,17,22H,3-5,10-14H2,1-2H3. The Hall–Kier alpha value is -1.39. The molecule has 1 amide bonds. The number of aliphatic hydroxyl groups excluding tert-OH is 1. The van der Waals surface area contributed by atoms with Gasteiger partial charge in [0.2, 0.25) is 5.91 Å². The number of rotatable bonds is 3. The van der Waals surface area contributed by atoms with E-state index in [0.717, 1.165) is 51.0 Å². The van der Waals surface area contributed by atoms with E-state index in [1.165, 1.54) is 5.56 Å². The van der Waals surface area contributed by atoms with Crippen LogP contribution in [0.4, 0.5) is 5.69 Å². The fraction of sp³-hybridized carbons (Fsp3) is 0.632. The summed E-state index contributed by atoms with van der Waals surface area (Å²) in [7, 11) is 0. The lowest BCUT2D eigenvalue weighted by molar-refractivity contribution is -0.127. The molecule has 0 saturated carbocycles. The van der Waals surface area contributed by atoms with Crippen LogP contribution < -0.4 is 4.90 Å². The number of hydrogen-bond donors (Lipinski definition) is 1. The molecule has 4 nitrogen and oxygen atoms in total. The first-order valence-electron chi connectivity index (χ1n) is 8.75. The number of nitrogens with zero attached hydrogens (tertiary/aromatic N) is 2. The van der Waals surface area contributed by atoms with E-state index in [-0.39, 0.29) is 24.0 Å². The quantitative estimate of drug-likeness (QED) is 0.932. The highest BCUT2D eigenvalue weighted by molar-refractivity contribution is 5.97. The molecule has 23 heavy (non-hydrogen) atoms. The third-order valence-corrected chi connectivity index (χ3v) is 5.39. The number of benzene rings is 1. The van der Waals surface area contributed by atoms with Crippen molar-refractivity contribution < 1.29 is 9.90 Å². The monoisotopic (exact) mass is 316 g/mol. The van der Waals surface area contributed by atoms with Crippen molar-refractivity contribution in [2.75, 3.05) is 31.1 Å². The molecule has 2 atom stereocenters. The van der Waals surface area contributed by atoms with Gasteiger partial charge in [-0.3, -0.25) is 9.69 Å². The molecule has 2 aliphatic rings. The van der Waals surface area contributed by atoms with E-state index in [4.69, 9.17) is 0 Å². The van der Waals surface area contributed by atoms with Gasteiger partial charge in [0, 0.05) is 30.8 Å². The SMILES string of the molecule is Cc1ccc(N2CCCC(N3CCCC(C)(CO)C3)C2=O)cc1. The average molecular weight is 316 g/mol. The van der Waals surface area contributed by atoms with Crippen molar-refractivity contribution in [3.63, 3.8) is 0 Å². The summed E-state index contributed by atoms with van der Waals surface area (Å²) in [6.45, 7) is 6.99. The predicted molar refractivity (Wildman–Crippen MR) is 92.6 cm³/mol. The highest BCUT2D eigenvalue weighted by atomic mass is 16.3. The van der Waals surface area contributed by atoms with Gasteiger partial charge in [0.1, 0.15) is 0 Å². The Labute approximate surface area is 139 Å². The highest BCUT2D eigenvalue weighted by Crippen LogP contribution is 2.32. The number of anilines is 1. The van der Waals surface area contributed by atoms with Gasteiger partial charge in [-0.2, -0.15) is 0 Å². The zero-order valence-electron chi connectivity index (χ0n) is 14.3. The first-order valence-corrected chi connectivity index (χ1v) is 8.75. The van der Waals surface area contributed by atoms with Crippen molar-refractivity contribution >= 4 is 11.6 Å². The topological polar surface area (TPSA) is 43.8 Å². The fourth-order valence-corrected chi connectivity index (χ4v) is 3.93. The second-order valence-corrected chi connectivity index (χ2v) is 7.53. The van der Waals surface area contributed by atoms with Crippen molar-refractivity contribution in [2.45, 2.75) is 45.6 Å². The van der Waals surface area contributed by atoms with Gasteiger partial charge in [-0.25, -0.2) is 0 Å². The first kappa shape index (κ1) is 16.5. The zero-order chi connectivity index (χ0) is 16.4. The van der Waals surface area contributed by atoms with Gasteiger partial charge < -0.3 is 10.0 Å². The number of aryl methyl sites for hydroxylation is 1. The maximum Gasteiger partial charge on any atom is 0.244 e. The molecule has 0 spiro atoms.